The number of fused-ring (bicyclic) bond motifs is 3. The van der Waals surface area contributed by atoms with E-state index in [-0.39, 0.29) is 5.43 Å². The summed E-state index contributed by atoms with van der Waals surface area (Å²) in [6.07, 6.45) is 6.20. The molecule has 2 heterocycles. The number of morpholine rings is 1. The van der Waals surface area contributed by atoms with E-state index >= 15 is 0 Å². The van der Waals surface area contributed by atoms with Gasteiger partial charge in [0.2, 0.25) is 0 Å². The van der Waals surface area contributed by atoms with Crippen LogP contribution in [0.1, 0.15) is 17.5 Å². The fourth-order valence-corrected chi connectivity index (χ4v) is 3.10. The highest BCUT2D eigenvalue weighted by Crippen LogP contribution is 2.28. The van der Waals surface area contributed by atoms with Gasteiger partial charge in [-0.15, -0.1) is 0 Å². The van der Waals surface area contributed by atoms with Crippen LogP contribution >= 0.6 is 0 Å². The van der Waals surface area contributed by atoms with E-state index in [2.05, 4.69) is 17.0 Å². The van der Waals surface area contributed by atoms with Gasteiger partial charge in [0, 0.05) is 19.2 Å². The number of benzene rings is 1. The fourth-order valence-electron chi connectivity index (χ4n) is 3.10. The molecule has 108 valence electrons. The summed E-state index contributed by atoms with van der Waals surface area (Å²) in [6, 6.07) is 5.63. The van der Waals surface area contributed by atoms with Crippen LogP contribution in [0.3, 0.4) is 0 Å². The summed E-state index contributed by atoms with van der Waals surface area (Å²) < 4.78 is 11.3. The van der Waals surface area contributed by atoms with Crippen LogP contribution in [-0.4, -0.2) is 26.3 Å². The lowest BCUT2D eigenvalue weighted by Gasteiger charge is -2.27. The fraction of sp³-hybridized carbons (Fsp3) is 0.353. The first kappa shape index (κ1) is 12.7. The van der Waals surface area contributed by atoms with Crippen molar-refractivity contribution in [1.29, 1.82) is 0 Å². The quantitative estimate of drug-likeness (QED) is 0.807. The molecule has 0 saturated carbocycles. The Labute approximate surface area is 122 Å². The van der Waals surface area contributed by atoms with Crippen molar-refractivity contribution in [1.82, 2.24) is 0 Å². The lowest BCUT2D eigenvalue weighted by atomic mass is 9.94. The molecular formula is C17H17NO3. The number of nitrogens with zero attached hydrogens (tertiary/aromatic N) is 1. The normalized spacial score (nSPS) is 18.0. The Balaban J connectivity index is 1.88. The SMILES string of the molecule is O=c1cc(N2CCOCC2)oc2ccc3c(c12)C=CCC3. The number of ether oxygens (including phenoxy) is 1. The molecule has 1 aromatic carbocycles. The van der Waals surface area contributed by atoms with Gasteiger partial charge in [0.25, 0.3) is 0 Å². The standard InChI is InChI=1S/C17H17NO3/c19-14-11-16(18-7-9-20-10-8-18)21-15-6-5-12-3-1-2-4-13(12)17(14)15/h2,4-6,11H,1,3,7-10H2. The number of aryl methyl sites for hydroxylation is 1. The zero-order valence-electron chi connectivity index (χ0n) is 11.8. The third kappa shape index (κ3) is 2.16. The van der Waals surface area contributed by atoms with Crippen molar-refractivity contribution in [2.24, 2.45) is 0 Å². The predicted octanol–water partition coefficient (Wildman–Crippen LogP) is 2.59. The molecule has 0 radical (unpaired) electrons. The van der Waals surface area contributed by atoms with Gasteiger partial charge in [-0.1, -0.05) is 18.2 Å². The highest BCUT2D eigenvalue weighted by Gasteiger charge is 2.18. The van der Waals surface area contributed by atoms with Crippen LogP contribution in [0, 0.1) is 0 Å². The minimum atomic E-state index is 0.0427. The van der Waals surface area contributed by atoms with E-state index in [0.29, 0.717) is 30.1 Å². The van der Waals surface area contributed by atoms with E-state index in [1.807, 2.05) is 12.1 Å². The highest BCUT2D eigenvalue weighted by molar-refractivity contribution is 5.89. The van der Waals surface area contributed by atoms with Crippen LogP contribution in [0.4, 0.5) is 5.88 Å². The molecule has 2 aliphatic rings. The van der Waals surface area contributed by atoms with Crippen molar-refractivity contribution in [2.45, 2.75) is 12.8 Å². The molecular weight excluding hydrogens is 266 g/mol. The van der Waals surface area contributed by atoms with Gasteiger partial charge in [-0.2, -0.15) is 0 Å². The van der Waals surface area contributed by atoms with Crippen molar-refractivity contribution in [2.75, 3.05) is 31.2 Å². The minimum Gasteiger partial charge on any atom is -0.440 e. The van der Waals surface area contributed by atoms with Gasteiger partial charge in [-0.25, -0.2) is 0 Å². The van der Waals surface area contributed by atoms with E-state index in [4.69, 9.17) is 9.15 Å². The Bertz CT molecular complexity index is 769. The van der Waals surface area contributed by atoms with E-state index in [1.165, 1.54) is 5.56 Å². The Kier molecular flexibility index (Phi) is 3.04. The summed E-state index contributed by atoms with van der Waals surface area (Å²) in [6.45, 7) is 2.88. The van der Waals surface area contributed by atoms with Crippen LogP contribution in [0.15, 0.2) is 33.5 Å². The molecule has 4 rings (SSSR count). The Hall–Kier alpha value is -2.07. The number of rotatable bonds is 1. The van der Waals surface area contributed by atoms with Gasteiger partial charge >= 0.3 is 0 Å². The second-order valence-electron chi connectivity index (χ2n) is 5.50. The molecule has 0 spiro atoms. The monoisotopic (exact) mass is 283 g/mol. The Morgan fingerprint density at radius 3 is 2.86 bits per heavy atom. The Morgan fingerprint density at radius 1 is 1.14 bits per heavy atom. The van der Waals surface area contributed by atoms with Crippen molar-refractivity contribution in [3.63, 3.8) is 0 Å². The van der Waals surface area contributed by atoms with Gasteiger partial charge in [-0.05, 0) is 30.0 Å². The smallest absolute Gasteiger partial charge is 0.200 e. The molecule has 2 aromatic rings. The van der Waals surface area contributed by atoms with Crippen LogP contribution in [0.25, 0.3) is 17.0 Å². The molecule has 0 amide bonds. The molecule has 0 unspecified atom stereocenters. The van der Waals surface area contributed by atoms with E-state index in [1.54, 1.807) is 6.07 Å². The van der Waals surface area contributed by atoms with E-state index < -0.39 is 0 Å². The molecule has 4 heteroatoms. The van der Waals surface area contributed by atoms with Crippen molar-refractivity contribution < 1.29 is 9.15 Å². The zero-order chi connectivity index (χ0) is 14.2. The number of hydrogen-bond acceptors (Lipinski definition) is 4. The molecule has 0 atom stereocenters. The third-order valence-corrected chi connectivity index (χ3v) is 4.20. The van der Waals surface area contributed by atoms with Crippen molar-refractivity contribution >= 4 is 22.9 Å². The number of hydrogen-bond donors (Lipinski definition) is 0. The second-order valence-corrected chi connectivity index (χ2v) is 5.50. The predicted molar refractivity (Wildman–Crippen MR) is 82.9 cm³/mol. The molecule has 0 N–H and O–H groups in total. The van der Waals surface area contributed by atoms with Gasteiger partial charge < -0.3 is 14.1 Å². The third-order valence-electron chi connectivity index (χ3n) is 4.20. The minimum absolute atomic E-state index is 0.0427. The zero-order valence-corrected chi connectivity index (χ0v) is 11.8. The lowest BCUT2D eigenvalue weighted by Crippen LogP contribution is -2.36. The van der Waals surface area contributed by atoms with Crippen molar-refractivity contribution in [3.05, 3.63) is 45.6 Å². The van der Waals surface area contributed by atoms with Gasteiger partial charge in [0.15, 0.2) is 11.3 Å². The molecule has 1 aliphatic heterocycles. The average Bonchev–Trinajstić information content (AvgIpc) is 2.55. The summed E-state index contributed by atoms with van der Waals surface area (Å²) in [5, 5.41) is 0.709. The van der Waals surface area contributed by atoms with Crippen LogP contribution in [0.5, 0.6) is 0 Å². The van der Waals surface area contributed by atoms with E-state index in [0.717, 1.165) is 31.5 Å². The van der Waals surface area contributed by atoms with Crippen LogP contribution in [0.2, 0.25) is 0 Å². The van der Waals surface area contributed by atoms with Gasteiger partial charge in [0.05, 0.1) is 18.6 Å². The maximum atomic E-state index is 12.6. The first-order valence-corrected chi connectivity index (χ1v) is 7.42. The van der Waals surface area contributed by atoms with E-state index in [9.17, 15) is 4.79 Å². The molecule has 4 nitrogen and oxygen atoms in total. The highest BCUT2D eigenvalue weighted by atomic mass is 16.5. The summed E-state index contributed by atoms with van der Waals surface area (Å²) in [5.74, 6) is 0.649. The summed E-state index contributed by atoms with van der Waals surface area (Å²) >= 11 is 0. The Morgan fingerprint density at radius 2 is 2.00 bits per heavy atom. The number of anilines is 1. The second kappa shape index (κ2) is 5.04. The van der Waals surface area contributed by atoms with Crippen molar-refractivity contribution in [3.8, 4) is 0 Å². The molecule has 1 fully saturated rings. The number of allylic oxidation sites excluding steroid dienone is 1. The average molecular weight is 283 g/mol. The van der Waals surface area contributed by atoms with Crippen LogP contribution in [-0.2, 0) is 11.2 Å². The largest absolute Gasteiger partial charge is 0.440 e. The first-order valence-electron chi connectivity index (χ1n) is 7.42. The topological polar surface area (TPSA) is 42.7 Å². The maximum absolute atomic E-state index is 12.6. The summed E-state index contributed by atoms with van der Waals surface area (Å²) in [5.41, 5.74) is 2.98. The molecule has 1 saturated heterocycles. The van der Waals surface area contributed by atoms with Gasteiger partial charge in [-0.3, -0.25) is 4.79 Å². The molecule has 0 bridgehead atoms. The van der Waals surface area contributed by atoms with Crippen LogP contribution < -0.4 is 10.3 Å². The first-order chi connectivity index (χ1) is 10.3. The maximum Gasteiger partial charge on any atom is 0.200 e. The molecule has 1 aliphatic carbocycles. The lowest BCUT2D eigenvalue weighted by molar-refractivity contribution is 0.121. The summed E-state index contributed by atoms with van der Waals surface area (Å²) in [4.78, 5) is 14.6. The summed E-state index contributed by atoms with van der Waals surface area (Å²) in [7, 11) is 0. The molecule has 21 heavy (non-hydrogen) atoms. The molecule has 1 aromatic heterocycles. The van der Waals surface area contributed by atoms with Gasteiger partial charge in [0.1, 0.15) is 5.58 Å².